The van der Waals surface area contributed by atoms with Gasteiger partial charge in [-0.2, -0.15) is 0 Å². The minimum Gasteiger partial charge on any atom is -0.497 e. The first-order chi connectivity index (χ1) is 9.64. The molecule has 1 fully saturated rings. The molecule has 0 radical (unpaired) electrons. The molecule has 2 aliphatic heterocycles. The Morgan fingerprint density at radius 3 is 3.05 bits per heavy atom. The van der Waals surface area contributed by atoms with Crippen molar-refractivity contribution in [1.82, 2.24) is 0 Å². The van der Waals surface area contributed by atoms with Crippen molar-refractivity contribution in [2.45, 2.75) is 24.8 Å². The van der Waals surface area contributed by atoms with Gasteiger partial charge in [-0.3, -0.25) is 4.79 Å². The third-order valence-electron chi connectivity index (χ3n) is 4.13. The van der Waals surface area contributed by atoms with Crippen molar-refractivity contribution in [2.75, 3.05) is 31.8 Å². The molecule has 0 aliphatic carbocycles. The number of ether oxygens (including phenoxy) is 2. The summed E-state index contributed by atoms with van der Waals surface area (Å²) in [5, 5.41) is 0. The zero-order chi connectivity index (χ0) is 14.2. The number of fused-ring (bicyclic) bond motifs is 1. The average molecular weight is 276 g/mol. The summed E-state index contributed by atoms with van der Waals surface area (Å²) >= 11 is 0. The van der Waals surface area contributed by atoms with Crippen LogP contribution in [0.25, 0.3) is 0 Å². The lowest BCUT2D eigenvalue weighted by molar-refractivity contribution is -0.123. The van der Waals surface area contributed by atoms with Crippen LogP contribution in [0.5, 0.6) is 5.75 Å². The molecule has 20 heavy (non-hydrogen) atoms. The van der Waals surface area contributed by atoms with E-state index >= 15 is 0 Å². The topological polar surface area (TPSA) is 64.8 Å². The summed E-state index contributed by atoms with van der Waals surface area (Å²) < 4.78 is 10.6. The molecule has 2 heterocycles. The van der Waals surface area contributed by atoms with Crippen molar-refractivity contribution in [3.8, 4) is 5.75 Å². The number of amides is 1. The number of aryl methyl sites for hydroxylation is 1. The molecule has 1 atom stereocenters. The number of benzene rings is 1. The molecule has 1 saturated heterocycles. The molecule has 2 N–H and O–H groups in total. The Morgan fingerprint density at radius 1 is 1.50 bits per heavy atom. The number of hydrogen-bond acceptors (Lipinski definition) is 4. The Labute approximate surface area is 118 Å². The van der Waals surface area contributed by atoms with Gasteiger partial charge in [0, 0.05) is 18.8 Å². The van der Waals surface area contributed by atoms with Crippen LogP contribution < -0.4 is 15.4 Å². The molecule has 108 valence electrons. The van der Waals surface area contributed by atoms with Crippen LogP contribution in [0.3, 0.4) is 0 Å². The maximum Gasteiger partial charge on any atom is 0.249 e. The minimum absolute atomic E-state index is 0.0267. The van der Waals surface area contributed by atoms with Gasteiger partial charge in [0.1, 0.15) is 11.3 Å². The second-order valence-electron chi connectivity index (χ2n) is 5.51. The normalized spacial score (nSPS) is 25.4. The third kappa shape index (κ3) is 2.17. The maximum atomic E-state index is 12.7. The second kappa shape index (κ2) is 5.07. The van der Waals surface area contributed by atoms with Crippen LogP contribution in [0.1, 0.15) is 18.4 Å². The lowest BCUT2D eigenvalue weighted by Gasteiger charge is -2.34. The predicted octanol–water partition coefficient (Wildman–Crippen LogP) is 1.09. The van der Waals surface area contributed by atoms with Crippen LogP contribution >= 0.6 is 0 Å². The van der Waals surface area contributed by atoms with E-state index in [1.807, 2.05) is 23.1 Å². The second-order valence-corrected chi connectivity index (χ2v) is 5.51. The van der Waals surface area contributed by atoms with E-state index in [9.17, 15) is 4.79 Å². The van der Waals surface area contributed by atoms with E-state index in [1.165, 1.54) is 0 Å². The van der Waals surface area contributed by atoms with E-state index in [2.05, 4.69) is 0 Å². The molecule has 0 spiro atoms. The molecular formula is C15H20N2O3. The fraction of sp³-hybridized carbons (Fsp3) is 0.533. The minimum atomic E-state index is -0.867. The number of carbonyl (C=O) groups is 1. The van der Waals surface area contributed by atoms with Gasteiger partial charge in [0.05, 0.1) is 13.7 Å². The molecule has 1 amide bonds. The van der Waals surface area contributed by atoms with Crippen molar-refractivity contribution in [3.63, 3.8) is 0 Å². The molecule has 0 aromatic heterocycles. The van der Waals surface area contributed by atoms with Crippen LogP contribution in [0.15, 0.2) is 18.2 Å². The highest BCUT2D eigenvalue weighted by Crippen LogP contribution is 2.32. The molecule has 1 aromatic rings. The van der Waals surface area contributed by atoms with Gasteiger partial charge in [-0.1, -0.05) is 0 Å². The highest BCUT2D eigenvalue weighted by Gasteiger charge is 2.42. The van der Waals surface area contributed by atoms with Crippen LogP contribution in [0.2, 0.25) is 0 Å². The van der Waals surface area contributed by atoms with Gasteiger partial charge in [-0.15, -0.1) is 0 Å². The summed E-state index contributed by atoms with van der Waals surface area (Å²) in [7, 11) is 1.65. The quantitative estimate of drug-likeness (QED) is 0.878. The number of methoxy groups -OCH3 is 1. The van der Waals surface area contributed by atoms with Gasteiger partial charge in [-0.25, -0.2) is 0 Å². The number of rotatable bonds is 2. The van der Waals surface area contributed by atoms with Gasteiger partial charge in [0.15, 0.2) is 0 Å². The lowest BCUT2D eigenvalue weighted by Crippen LogP contribution is -2.57. The Morgan fingerprint density at radius 2 is 2.35 bits per heavy atom. The predicted molar refractivity (Wildman–Crippen MR) is 76.0 cm³/mol. The Bertz CT molecular complexity index is 524. The van der Waals surface area contributed by atoms with Gasteiger partial charge in [0.25, 0.3) is 0 Å². The number of nitrogens with two attached hydrogens (primary N) is 1. The van der Waals surface area contributed by atoms with E-state index in [0.717, 1.165) is 36.4 Å². The molecule has 1 unspecified atom stereocenters. The van der Waals surface area contributed by atoms with Crippen molar-refractivity contribution in [2.24, 2.45) is 5.73 Å². The number of carbonyl (C=O) groups excluding carboxylic acids is 1. The molecule has 5 heteroatoms. The molecular weight excluding hydrogens is 256 g/mol. The summed E-state index contributed by atoms with van der Waals surface area (Å²) in [6.45, 7) is 1.59. The highest BCUT2D eigenvalue weighted by molar-refractivity contribution is 6.01. The van der Waals surface area contributed by atoms with Crippen LogP contribution in [-0.4, -0.2) is 38.3 Å². The molecule has 0 bridgehead atoms. The van der Waals surface area contributed by atoms with Crippen molar-refractivity contribution >= 4 is 11.6 Å². The van der Waals surface area contributed by atoms with Crippen LogP contribution in [0, 0.1) is 0 Å². The maximum absolute atomic E-state index is 12.7. The standard InChI is InChI=1S/C15H20N2O3/c1-19-12-4-5-13-11(9-12)3-2-7-17(13)14(18)15(16)6-8-20-10-15/h4-5,9H,2-3,6-8,10,16H2,1H3. The van der Waals surface area contributed by atoms with Gasteiger partial charge in [0.2, 0.25) is 5.91 Å². The third-order valence-corrected chi connectivity index (χ3v) is 4.13. The first kappa shape index (κ1) is 13.4. The smallest absolute Gasteiger partial charge is 0.249 e. The molecule has 0 saturated carbocycles. The largest absolute Gasteiger partial charge is 0.497 e. The van der Waals surface area contributed by atoms with Crippen LogP contribution in [0.4, 0.5) is 5.69 Å². The molecule has 2 aliphatic rings. The Balaban J connectivity index is 1.91. The first-order valence-corrected chi connectivity index (χ1v) is 6.99. The SMILES string of the molecule is COc1ccc2c(c1)CCCN2C(=O)C1(N)CCOC1. The zero-order valence-electron chi connectivity index (χ0n) is 11.7. The fourth-order valence-corrected chi connectivity index (χ4v) is 2.93. The Hall–Kier alpha value is -1.59. The number of anilines is 1. The van der Waals surface area contributed by atoms with Crippen molar-refractivity contribution in [3.05, 3.63) is 23.8 Å². The van der Waals surface area contributed by atoms with E-state index in [0.29, 0.717) is 19.6 Å². The van der Waals surface area contributed by atoms with Gasteiger partial charge >= 0.3 is 0 Å². The van der Waals surface area contributed by atoms with Gasteiger partial charge < -0.3 is 20.1 Å². The van der Waals surface area contributed by atoms with Gasteiger partial charge in [-0.05, 0) is 43.0 Å². The number of hydrogen-bond donors (Lipinski definition) is 1. The highest BCUT2D eigenvalue weighted by atomic mass is 16.5. The summed E-state index contributed by atoms with van der Waals surface area (Å²) in [5.41, 5.74) is 7.44. The summed E-state index contributed by atoms with van der Waals surface area (Å²) in [6, 6.07) is 5.84. The first-order valence-electron chi connectivity index (χ1n) is 6.99. The van der Waals surface area contributed by atoms with E-state index < -0.39 is 5.54 Å². The zero-order valence-corrected chi connectivity index (χ0v) is 11.7. The van der Waals surface area contributed by atoms with Crippen molar-refractivity contribution < 1.29 is 14.3 Å². The van der Waals surface area contributed by atoms with E-state index in [1.54, 1.807) is 7.11 Å². The monoisotopic (exact) mass is 276 g/mol. The molecule has 5 nitrogen and oxygen atoms in total. The number of nitrogens with zero attached hydrogens (tertiary/aromatic N) is 1. The fourth-order valence-electron chi connectivity index (χ4n) is 2.93. The van der Waals surface area contributed by atoms with Crippen molar-refractivity contribution in [1.29, 1.82) is 0 Å². The lowest BCUT2D eigenvalue weighted by atomic mass is 9.94. The molecule has 1 aromatic carbocycles. The van der Waals surface area contributed by atoms with Crippen LogP contribution in [-0.2, 0) is 16.0 Å². The summed E-state index contributed by atoms with van der Waals surface area (Å²) in [5.74, 6) is 0.797. The summed E-state index contributed by atoms with van der Waals surface area (Å²) in [6.07, 6.45) is 2.50. The average Bonchev–Trinajstić information content (AvgIpc) is 2.93. The van der Waals surface area contributed by atoms with E-state index in [-0.39, 0.29) is 5.91 Å². The molecule has 3 rings (SSSR count). The Kier molecular flexibility index (Phi) is 3.40. The summed E-state index contributed by atoms with van der Waals surface area (Å²) in [4.78, 5) is 14.5. The van der Waals surface area contributed by atoms with E-state index in [4.69, 9.17) is 15.2 Å².